The van der Waals surface area contributed by atoms with Gasteiger partial charge in [-0.05, 0) is 22.6 Å². The summed E-state index contributed by atoms with van der Waals surface area (Å²) in [6.07, 6.45) is -1.50. The molecule has 0 spiro atoms. The SMILES string of the molecule is O=C(O)n1nnn(-c2ccccc2Cl)c1=O. The third-order valence-electron chi connectivity index (χ3n) is 1.84. The summed E-state index contributed by atoms with van der Waals surface area (Å²) in [5, 5.41) is 15.5. The lowest BCUT2D eigenvalue weighted by Gasteiger charge is -1.99. The third-order valence-corrected chi connectivity index (χ3v) is 2.16. The van der Waals surface area contributed by atoms with Crippen molar-refractivity contribution in [3.05, 3.63) is 39.8 Å². The minimum absolute atomic E-state index is 0.226. The summed E-state index contributed by atoms with van der Waals surface area (Å²) in [5.74, 6) is 0. The first-order valence-corrected chi connectivity index (χ1v) is 4.52. The zero-order valence-corrected chi connectivity index (χ0v) is 8.50. The first-order chi connectivity index (χ1) is 7.61. The number of nitrogens with zero attached hydrogens (tertiary/aromatic N) is 4. The Balaban J connectivity index is 2.63. The normalized spacial score (nSPS) is 10.3. The summed E-state index contributed by atoms with van der Waals surface area (Å²) in [5.41, 5.74) is -0.609. The first-order valence-electron chi connectivity index (χ1n) is 4.14. The predicted molar refractivity (Wildman–Crippen MR) is 54.1 cm³/mol. The number of rotatable bonds is 1. The van der Waals surface area contributed by atoms with Crippen LogP contribution in [-0.2, 0) is 0 Å². The van der Waals surface area contributed by atoms with Crippen molar-refractivity contribution in [2.75, 3.05) is 0 Å². The maximum atomic E-state index is 11.5. The van der Waals surface area contributed by atoms with E-state index in [4.69, 9.17) is 16.7 Å². The van der Waals surface area contributed by atoms with Gasteiger partial charge in [-0.2, -0.15) is 4.68 Å². The molecule has 0 amide bonds. The molecule has 16 heavy (non-hydrogen) atoms. The molecule has 2 aromatic rings. The summed E-state index contributed by atoms with van der Waals surface area (Å²) in [6, 6.07) is 6.42. The minimum Gasteiger partial charge on any atom is -0.463 e. The molecule has 0 saturated heterocycles. The van der Waals surface area contributed by atoms with Crippen LogP contribution in [0.2, 0.25) is 5.02 Å². The van der Waals surface area contributed by atoms with Gasteiger partial charge in [-0.15, -0.1) is 0 Å². The molecular weight excluding hydrogens is 236 g/mol. The van der Waals surface area contributed by atoms with Crippen LogP contribution in [0.25, 0.3) is 5.69 Å². The molecule has 0 bridgehead atoms. The average molecular weight is 241 g/mol. The van der Waals surface area contributed by atoms with E-state index in [9.17, 15) is 9.59 Å². The van der Waals surface area contributed by atoms with Crippen molar-refractivity contribution in [1.82, 2.24) is 19.8 Å². The fourth-order valence-electron chi connectivity index (χ4n) is 1.14. The highest BCUT2D eigenvalue weighted by Crippen LogP contribution is 2.16. The summed E-state index contributed by atoms with van der Waals surface area (Å²) in [6.45, 7) is 0. The fourth-order valence-corrected chi connectivity index (χ4v) is 1.36. The molecule has 1 N–H and O–H groups in total. The van der Waals surface area contributed by atoms with Crippen molar-refractivity contribution in [3.63, 3.8) is 0 Å². The number of benzene rings is 1. The fraction of sp³-hybridized carbons (Fsp3) is 0. The van der Waals surface area contributed by atoms with Gasteiger partial charge in [0.2, 0.25) is 0 Å². The second-order valence-corrected chi connectivity index (χ2v) is 3.23. The molecule has 0 aliphatic carbocycles. The third kappa shape index (κ3) is 1.57. The van der Waals surface area contributed by atoms with Crippen molar-refractivity contribution in [2.45, 2.75) is 0 Å². The van der Waals surface area contributed by atoms with E-state index in [0.717, 1.165) is 4.68 Å². The largest absolute Gasteiger partial charge is 0.463 e. The van der Waals surface area contributed by atoms with Gasteiger partial charge in [-0.1, -0.05) is 28.4 Å². The van der Waals surface area contributed by atoms with Crippen molar-refractivity contribution >= 4 is 17.7 Å². The van der Waals surface area contributed by atoms with E-state index in [1.165, 1.54) is 6.07 Å². The molecule has 2 rings (SSSR count). The van der Waals surface area contributed by atoms with Gasteiger partial charge in [0.05, 0.1) is 10.7 Å². The van der Waals surface area contributed by atoms with E-state index in [1.807, 2.05) is 0 Å². The Bertz CT molecular complexity index is 603. The molecule has 0 aliphatic rings. The molecule has 0 fully saturated rings. The molecule has 0 saturated carbocycles. The van der Waals surface area contributed by atoms with Gasteiger partial charge >= 0.3 is 11.8 Å². The Morgan fingerprint density at radius 2 is 2.00 bits per heavy atom. The first kappa shape index (κ1) is 10.4. The molecule has 1 aromatic carbocycles. The van der Waals surface area contributed by atoms with Gasteiger partial charge in [0, 0.05) is 0 Å². The molecule has 82 valence electrons. The molecule has 1 aromatic heterocycles. The van der Waals surface area contributed by atoms with Gasteiger partial charge < -0.3 is 5.11 Å². The summed E-state index contributed by atoms with van der Waals surface area (Å²) in [4.78, 5) is 22.1. The van der Waals surface area contributed by atoms with Crippen LogP contribution >= 0.6 is 11.6 Å². The number of hydrogen-bond acceptors (Lipinski definition) is 4. The number of carboxylic acid groups (broad SMARTS) is 1. The van der Waals surface area contributed by atoms with Crippen LogP contribution < -0.4 is 5.69 Å². The van der Waals surface area contributed by atoms with Crippen molar-refractivity contribution in [2.24, 2.45) is 0 Å². The highest BCUT2D eigenvalue weighted by molar-refractivity contribution is 6.32. The van der Waals surface area contributed by atoms with Crippen LogP contribution in [-0.4, -0.2) is 31.0 Å². The Kier molecular flexibility index (Phi) is 2.45. The lowest BCUT2D eigenvalue weighted by Crippen LogP contribution is -2.28. The van der Waals surface area contributed by atoms with Crippen molar-refractivity contribution in [1.29, 1.82) is 0 Å². The van der Waals surface area contributed by atoms with E-state index in [-0.39, 0.29) is 15.4 Å². The molecule has 8 heteroatoms. The Hall–Kier alpha value is -2.15. The molecule has 0 atom stereocenters. The minimum atomic E-state index is -1.50. The lowest BCUT2D eigenvalue weighted by atomic mass is 10.3. The zero-order valence-electron chi connectivity index (χ0n) is 7.74. The van der Waals surface area contributed by atoms with E-state index in [2.05, 4.69) is 10.4 Å². The van der Waals surface area contributed by atoms with E-state index in [0.29, 0.717) is 0 Å². The van der Waals surface area contributed by atoms with Gasteiger partial charge in [-0.3, -0.25) is 0 Å². The maximum Gasteiger partial charge on any atom is 0.438 e. The number of hydrogen-bond donors (Lipinski definition) is 1. The molecule has 0 unspecified atom stereocenters. The van der Waals surface area contributed by atoms with Crippen LogP contribution in [0.3, 0.4) is 0 Å². The van der Waals surface area contributed by atoms with Crippen LogP contribution in [0.1, 0.15) is 0 Å². The lowest BCUT2D eigenvalue weighted by molar-refractivity contribution is 0.191. The van der Waals surface area contributed by atoms with Gasteiger partial charge in [0.1, 0.15) is 0 Å². The molecule has 0 radical (unpaired) electrons. The van der Waals surface area contributed by atoms with Crippen LogP contribution in [0.5, 0.6) is 0 Å². The smallest absolute Gasteiger partial charge is 0.438 e. The van der Waals surface area contributed by atoms with Crippen LogP contribution in [0.15, 0.2) is 29.1 Å². The summed E-state index contributed by atoms with van der Waals surface area (Å²) >= 11 is 5.84. The van der Waals surface area contributed by atoms with E-state index < -0.39 is 11.8 Å². The second-order valence-electron chi connectivity index (χ2n) is 2.82. The Labute approximate surface area is 93.5 Å². The monoisotopic (exact) mass is 240 g/mol. The van der Waals surface area contributed by atoms with Gasteiger partial charge in [0.15, 0.2) is 0 Å². The molecule has 7 nitrogen and oxygen atoms in total. The maximum absolute atomic E-state index is 11.5. The van der Waals surface area contributed by atoms with Crippen LogP contribution in [0.4, 0.5) is 4.79 Å². The average Bonchev–Trinajstić information content (AvgIpc) is 2.61. The Morgan fingerprint density at radius 3 is 2.56 bits per heavy atom. The quantitative estimate of drug-likeness (QED) is 0.738. The van der Waals surface area contributed by atoms with Gasteiger partial charge in [-0.25, -0.2) is 9.59 Å². The second kappa shape index (κ2) is 3.78. The molecule has 1 heterocycles. The topological polar surface area (TPSA) is 90.0 Å². The number of halogens is 1. The van der Waals surface area contributed by atoms with E-state index >= 15 is 0 Å². The predicted octanol–water partition coefficient (Wildman–Crippen LogP) is 0.609. The number of aromatic nitrogens is 4. The van der Waals surface area contributed by atoms with Crippen molar-refractivity contribution in [3.8, 4) is 5.69 Å². The summed E-state index contributed by atoms with van der Waals surface area (Å²) < 4.78 is 1.04. The number of tetrazole rings is 1. The zero-order chi connectivity index (χ0) is 11.7. The molecule has 0 aliphatic heterocycles. The van der Waals surface area contributed by atoms with E-state index in [1.54, 1.807) is 18.2 Å². The Morgan fingerprint density at radius 1 is 1.31 bits per heavy atom. The highest BCUT2D eigenvalue weighted by atomic mass is 35.5. The highest BCUT2D eigenvalue weighted by Gasteiger charge is 2.15. The number of para-hydroxylation sites is 1. The number of carbonyl (C=O) groups is 1. The van der Waals surface area contributed by atoms with Gasteiger partial charge in [0.25, 0.3) is 0 Å². The molecular formula is C8H5ClN4O3. The van der Waals surface area contributed by atoms with Crippen LogP contribution in [0, 0.1) is 0 Å². The van der Waals surface area contributed by atoms with Crippen molar-refractivity contribution < 1.29 is 9.90 Å². The standard InChI is InChI=1S/C8H5ClN4O3/c9-5-3-1-2-4-6(5)12-7(14)13(8(15)16)11-10-12/h1-4H,(H,15,16). The summed E-state index contributed by atoms with van der Waals surface area (Å²) in [7, 11) is 0.